The van der Waals surface area contributed by atoms with Crippen LogP contribution in [-0.2, 0) is 11.3 Å². The lowest BCUT2D eigenvalue weighted by molar-refractivity contribution is 0.0950. The highest BCUT2D eigenvalue weighted by molar-refractivity contribution is 5.94. The third kappa shape index (κ3) is 4.31. The summed E-state index contributed by atoms with van der Waals surface area (Å²) in [7, 11) is 0. The maximum absolute atomic E-state index is 12.2. The standard InChI is InChI=1S/C18H19N5O2/c1-13-10-16(22-18(21-13)23-6-8-25-9-7-23)12-20-17(24)15-4-2-14(11-19)3-5-15/h2-5,10H,6-9,12H2,1H3,(H,20,24). The van der Waals surface area contributed by atoms with Gasteiger partial charge in [-0.15, -0.1) is 0 Å². The van der Waals surface area contributed by atoms with Crippen LogP contribution in [0.5, 0.6) is 0 Å². The average molecular weight is 337 g/mol. The van der Waals surface area contributed by atoms with Crippen LogP contribution in [0, 0.1) is 18.3 Å². The molecule has 0 aliphatic carbocycles. The third-order valence-electron chi connectivity index (χ3n) is 3.90. The van der Waals surface area contributed by atoms with Gasteiger partial charge in [0.25, 0.3) is 5.91 Å². The number of nitriles is 1. The number of aromatic nitrogens is 2. The van der Waals surface area contributed by atoms with Crippen LogP contribution in [0.15, 0.2) is 30.3 Å². The minimum absolute atomic E-state index is 0.200. The molecular weight excluding hydrogens is 318 g/mol. The van der Waals surface area contributed by atoms with Crippen LogP contribution in [0.25, 0.3) is 0 Å². The van der Waals surface area contributed by atoms with Gasteiger partial charge in [-0.25, -0.2) is 9.97 Å². The van der Waals surface area contributed by atoms with Gasteiger partial charge in [0, 0.05) is 24.3 Å². The number of anilines is 1. The van der Waals surface area contributed by atoms with E-state index in [0.717, 1.165) is 24.5 Å². The average Bonchev–Trinajstić information content (AvgIpc) is 2.66. The van der Waals surface area contributed by atoms with E-state index in [-0.39, 0.29) is 5.91 Å². The SMILES string of the molecule is Cc1cc(CNC(=O)c2ccc(C#N)cc2)nc(N2CCOCC2)n1. The Kier molecular flexibility index (Phi) is 5.21. The molecule has 25 heavy (non-hydrogen) atoms. The number of ether oxygens (including phenoxy) is 1. The molecule has 1 fully saturated rings. The monoisotopic (exact) mass is 337 g/mol. The molecule has 1 aliphatic rings. The van der Waals surface area contributed by atoms with Gasteiger partial charge >= 0.3 is 0 Å². The minimum atomic E-state index is -0.200. The lowest BCUT2D eigenvalue weighted by atomic mass is 10.1. The summed E-state index contributed by atoms with van der Waals surface area (Å²) in [6.45, 7) is 5.10. The fourth-order valence-electron chi connectivity index (χ4n) is 2.58. The molecule has 7 heteroatoms. The Bertz CT molecular complexity index is 792. The molecule has 0 atom stereocenters. The van der Waals surface area contributed by atoms with E-state index >= 15 is 0 Å². The molecule has 2 aromatic rings. The number of nitrogens with zero attached hydrogens (tertiary/aromatic N) is 4. The van der Waals surface area contributed by atoms with Gasteiger partial charge in [0.15, 0.2) is 0 Å². The second-order valence-electron chi connectivity index (χ2n) is 5.77. The number of hydrogen-bond acceptors (Lipinski definition) is 6. The summed E-state index contributed by atoms with van der Waals surface area (Å²) < 4.78 is 5.35. The van der Waals surface area contributed by atoms with Gasteiger partial charge < -0.3 is 15.0 Å². The first-order valence-corrected chi connectivity index (χ1v) is 8.11. The van der Waals surface area contributed by atoms with Crippen LogP contribution in [0.3, 0.4) is 0 Å². The van der Waals surface area contributed by atoms with E-state index in [1.54, 1.807) is 24.3 Å². The summed E-state index contributed by atoms with van der Waals surface area (Å²) in [6.07, 6.45) is 0. The van der Waals surface area contributed by atoms with Crippen LogP contribution in [-0.4, -0.2) is 42.2 Å². The van der Waals surface area contributed by atoms with Crippen molar-refractivity contribution in [3.05, 3.63) is 52.8 Å². The van der Waals surface area contributed by atoms with Crippen LogP contribution < -0.4 is 10.2 Å². The van der Waals surface area contributed by atoms with Crippen molar-refractivity contribution in [3.63, 3.8) is 0 Å². The van der Waals surface area contributed by atoms with Crippen LogP contribution in [0.1, 0.15) is 27.3 Å². The molecule has 1 amide bonds. The molecule has 0 spiro atoms. The van der Waals surface area contributed by atoms with Gasteiger partial charge in [-0.05, 0) is 37.3 Å². The third-order valence-corrected chi connectivity index (χ3v) is 3.90. The lowest BCUT2D eigenvalue weighted by Gasteiger charge is -2.27. The number of hydrogen-bond donors (Lipinski definition) is 1. The molecule has 1 aliphatic heterocycles. The number of morpholine rings is 1. The highest BCUT2D eigenvalue weighted by atomic mass is 16.5. The Morgan fingerprint density at radius 2 is 2.00 bits per heavy atom. The second-order valence-corrected chi connectivity index (χ2v) is 5.77. The summed E-state index contributed by atoms with van der Waals surface area (Å²) >= 11 is 0. The summed E-state index contributed by atoms with van der Waals surface area (Å²) in [5, 5.41) is 11.7. The number of amides is 1. The number of rotatable bonds is 4. The maximum Gasteiger partial charge on any atom is 0.251 e. The van der Waals surface area contributed by atoms with Gasteiger partial charge in [-0.1, -0.05) is 0 Å². The first-order valence-electron chi connectivity index (χ1n) is 8.11. The fourth-order valence-corrected chi connectivity index (χ4v) is 2.58. The largest absolute Gasteiger partial charge is 0.378 e. The van der Waals surface area contributed by atoms with Crippen LogP contribution in [0.4, 0.5) is 5.95 Å². The van der Waals surface area contributed by atoms with E-state index in [0.29, 0.717) is 36.8 Å². The molecular formula is C18H19N5O2. The van der Waals surface area contributed by atoms with Crippen molar-refractivity contribution < 1.29 is 9.53 Å². The van der Waals surface area contributed by atoms with Crippen molar-refractivity contribution in [3.8, 4) is 6.07 Å². The van der Waals surface area contributed by atoms with Crippen molar-refractivity contribution in [2.45, 2.75) is 13.5 Å². The van der Waals surface area contributed by atoms with Gasteiger partial charge in [0.2, 0.25) is 5.95 Å². The summed E-state index contributed by atoms with van der Waals surface area (Å²) in [6, 6.07) is 10.4. The quantitative estimate of drug-likeness (QED) is 0.907. The number of carbonyl (C=O) groups excluding carboxylic acids is 1. The van der Waals surface area contributed by atoms with Gasteiger partial charge in [0.05, 0.1) is 37.1 Å². The Morgan fingerprint density at radius 3 is 2.68 bits per heavy atom. The normalized spacial score (nSPS) is 14.0. The molecule has 7 nitrogen and oxygen atoms in total. The van der Waals surface area contributed by atoms with E-state index in [4.69, 9.17) is 10.00 Å². The molecule has 1 aromatic carbocycles. The van der Waals surface area contributed by atoms with E-state index in [1.165, 1.54) is 0 Å². The van der Waals surface area contributed by atoms with Crippen molar-refractivity contribution in [1.29, 1.82) is 5.26 Å². The van der Waals surface area contributed by atoms with Crippen molar-refractivity contribution >= 4 is 11.9 Å². The highest BCUT2D eigenvalue weighted by Crippen LogP contribution is 2.12. The molecule has 0 radical (unpaired) electrons. The molecule has 1 N–H and O–H groups in total. The minimum Gasteiger partial charge on any atom is -0.378 e. The fraction of sp³-hybridized carbons (Fsp3) is 0.333. The van der Waals surface area contributed by atoms with Crippen molar-refractivity contribution in [2.75, 3.05) is 31.2 Å². The van der Waals surface area contributed by atoms with Gasteiger partial charge in [-0.3, -0.25) is 4.79 Å². The maximum atomic E-state index is 12.2. The molecule has 3 rings (SSSR count). The highest BCUT2D eigenvalue weighted by Gasteiger charge is 2.15. The zero-order valence-electron chi connectivity index (χ0n) is 14.0. The summed E-state index contributed by atoms with van der Waals surface area (Å²) in [5.41, 5.74) is 2.66. The molecule has 0 unspecified atom stereocenters. The Hall–Kier alpha value is -2.98. The Labute approximate surface area is 146 Å². The van der Waals surface area contributed by atoms with Crippen molar-refractivity contribution in [1.82, 2.24) is 15.3 Å². The van der Waals surface area contributed by atoms with E-state index in [2.05, 4.69) is 20.2 Å². The number of aryl methyl sites for hydroxylation is 1. The second kappa shape index (κ2) is 7.73. The van der Waals surface area contributed by atoms with Crippen molar-refractivity contribution in [2.24, 2.45) is 0 Å². The lowest BCUT2D eigenvalue weighted by Crippen LogP contribution is -2.37. The van der Waals surface area contributed by atoms with Crippen LogP contribution in [0.2, 0.25) is 0 Å². The number of carbonyl (C=O) groups is 1. The topological polar surface area (TPSA) is 91.1 Å². The number of benzene rings is 1. The molecule has 1 aromatic heterocycles. The number of nitrogens with one attached hydrogen (secondary N) is 1. The molecule has 0 bridgehead atoms. The predicted molar refractivity (Wildman–Crippen MR) is 92.1 cm³/mol. The molecule has 128 valence electrons. The van der Waals surface area contributed by atoms with Gasteiger partial charge in [-0.2, -0.15) is 5.26 Å². The Morgan fingerprint density at radius 1 is 1.28 bits per heavy atom. The predicted octanol–water partition coefficient (Wildman–Crippen LogP) is 1.42. The zero-order chi connectivity index (χ0) is 17.6. The first-order chi connectivity index (χ1) is 12.2. The smallest absolute Gasteiger partial charge is 0.251 e. The summed E-state index contributed by atoms with van der Waals surface area (Å²) in [4.78, 5) is 23.3. The van der Waals surface area contributed by atoms with Crippen LogP contribution >= 0.6 is 0 Å². The summed E-state index contributed by atoms with van der Waals surface area (Å²) in [5.74, 6) is 0.472. The molecule has 1 saturated heterocycles. The Balaban J connectivity index is 1.66. The molecule has 0 saturated carbocycles. The van der Waals surface area contributed by atoms with E-state index < -0.39 is 0 Å². The zero-order valence-corrected chi connectivity index (χ0v) is 14.0. The van der Waals surface area contributed by atoms with E-state index in [9.17, 15) is 4.79 Å². The molecule has 2 heterocycles. The van der Waals surface area contributed by atoms with E-state index in [1.807, 2.05) is 19.1 Å². The first kappa shape index (κ1) is 16.9. The van der Waals surface area contributed by atoms with Gasteiger partial charge in [0.1, 0.15) is 0 Å².